The van der Waals surface area contributed by atoms with Crippen LogP contribution in [0.4, 0.5) is 17.1 Å². The van der Waals surface area contributed by atoms with E-state index in [1.165, 1.54) is 83.1 Å². The number of benzene rings is 9. The lowest BCUT2D eigenvalue weighted by molar-refractivity contribution is 0.590. The maximum atomic E-state index is 2.49. The fraction of sp³-hybridized carbons (Fsp3) is 0.0877. The van der Waals surface area contributed by atoms with E-state index in [-0.39, 0.29) is 10.8 Å². The van der Waals surface area contributed by atoms with Gasteiger partial charge in [0, 0.05) is 16.9 Å². The van der Waals surface area contributed by atoms with Crippen LogP contribution in [0.15, 0.2) is 206 Å². The van der Waals surface area contributed by atoms with Crippen molar-refractivity contribution in [2.45, 2.75) is 31.6 Å². The summed E-state index contributed by atoms with van der Waals surface area (Å²) in [6, 6.07) is 76.9. The first-order chi connectivity index (χ1) is 28.4. The molecule has 9 aromatic rings. The molecule has 0 N–H and O–H groups in total. The van der Waals surface area contributed by atoms with Crippen LogP contribution in [0.3, 0.4) is 0 Å². The predicted octanol–water partition coefficient (Wildman–Crippen LogP) is 15.3. The van der Waals surface area contributed by atoms with E-state index in [0.717, 1.165) is 17.1 Å². The zero-order valence-corrected chi connectivity index (χ0v) is 33.1. The second-order valence-electron chi connectivity index (χ2n) is 16.9. The lowest BCUT2D eigenvalue weighted by atomic mass is 9.70. The quantitative estimate of drug-likeness (QED) is 0.170. The van der Waals surface area contributed by atoms with Crippen LogP contribution in [-0.2, 0) is 10.8 Å². The summed E-state index contributed by atoms with van der Waals surface area (Å²) in [6.45, 7) is 6.86. The molecule has 276 valence electrons. The van der Waals surface area contributed by atoms with Gasteiger partial charge in [-0.2, -0.15) is 0 Å². The highest BCUT2D eigenvalue weighted by atomic mass is 15.1. The SMILES string of the molecule is CC(C)(C)c1ccc(N(c2ccc3c(c2)-c2ccccc2C32c3ccccc3-c3ccccc32)c2ccc3ccccc3c2-c2cccc(-c3ccccc3)c2)cc1. The molecule has 0 amide bonds. The van der Waals surface area contributed by atoms with Gasteiger partial charge >= 0.3 is 0 Å². The van der Waals surface area contributed by atoms with Crippen LogP contribution >= 0.6 is 0 Å². The molecule has 0 radical (unpaired) electrons. The van der Waals surface area contributed by atoms with Gasteiger partial charge in [0.1, 0.15) is 0 Å². The summed E-state index contributed by atoms with van der Waals surface area (Å²) in [4.78, 5) is 2.49. The Morgan fingerprint density at radius 3 is 1.59 bits per heavy atom. The molecule has 0 atom stereocenters. The Balaban J connectivity index is 1.18. The van der Waals surface area contributed by atoms with Crippen molar-refractivity contribution < 1.29 is 0 Å². The average Bonchev–Trinajstić information content (AvgIpc) is 3.74. The van der Waals surface area contributed by atoms with E-state index < -0.39 is 0 Å². The number of fused-ring (bicyclic) bond motifs is 11. The molecule has 0 bridgehead atoms. The summed E-state index contributed by atoms with van der Waals surface area (Å²) in [5.74, 6) is 0. The maximum Gasteiger partial charge on any atom is 0.0725 e. The van der Waals surface area contributed by atoms with Crippen molar-refractivity contribution in [2.24, 2.45) is 0 Å². The molecule has 0 saturated carbocycles. The van der Waals surface area contributed by atoms with Gasteiger partial charge in [0.2, 0.25) is 0 Å². The van der Waals surface area contributed by atoms with Gasteiger partial charge < -0.3 is 4.90 Å². The van der Waals surface area contributed by atoms with Gasteiger partial charge in [-0.3, -0.25) is 0 Å². The van der Waals surface area contributed by atoms with Crippen LogP contribution in [-0.4, -0.2) is 0 Å². The van der Waals surface area contributed by atoms with Crippen molar-refractivity contribution in [3.8, 4) is 44.5 Å². The molecule has 58 heavy (non-hydrogen) atoms. The van der Waals surface area contributed by atoms with Crippen LogP contribution in [0.2, 0.25) is 0 Å². The number of nitrogens with zero attached hydrogens (tertiary/aromatic N) is 1. The van der Waals surface area contributed by atoms with Gasteiger partial charge in [-0.25, -0.2) is 0 Å². The van der Waals surface area contributed by atoms with Crippen LogP contribution in [0.5, 0.6) is 0 Å². The molecule has 1 spiro atoms. The number of rotatable bonds is 5. The highest BCUT2D eigenvalue weighted by Crippen LogP contribution is 2.63. The normalized spacial score (nSPS) is 13.2. The first-order valence-corrected chi connectivity index (χ1v) is 20.4. The predicted molar refractivity (Wildman–Crippen MR) is 245 cm³/mol. The van der Waals surface area contributed by atoms with Gasteiger partial charge in [-0.15, -0.1) is 0 Å². The standard InChI is InChI=1S/C57H43N/c1-56(2,3)42-29-31-43(32-30-42)58(54-35-28-39-18-7-8-21-45(39)55(54)41-20-15-19-40(36-41)38-16-5-4-6-17-38)44-33-34-53-49(37-44)48-24-11-14-27-52(48)57(53)50-25-12-9-22-46(50)47-23-10-13-26-51(47)57/h4-37H,1-3H3. The Kier molecular flexibility index (Phi) is 7.72. The van der Waals surface area contributed by atoms with Crippen LogP contribution in [0, 0.1) is 0 Å². The molecule has 0 aliphatic heterocycles. The highest BCUT2D eigenvalue weighted by molar-refractivity contribution is 6.06. The summed E-state index contributed by atoms with van der Waals surface area (Å²) in [5, 5.41) is 2.45. The number of hydrogen-bond acceptors (Lipinski definition) is 1. The lowest BCUT2D eigenvalue weighted by Crippen LogP contribution is -2.25. The summed E-state index contributed by atoms with van der Waals surface area (Å²) < 4.78 is 0. The highest BCUT2D eigenvalue weighted by Gasteiger charge is 2.51. The van der Waals surface area contributed by atoms with Crippen molar-refractivity contribution in [3.05, 3.63) is 234 Å². The molecule has 9 aromatic carbocycles. The van der Waals surface area contributed by atoms with E-state index >= 15 is 0 Å². The zero-order chi connectivity index (χ0) is 39.0. The monoisotopic (exact) mass is 741 g/mol. The van der Waals surface area contributed by atoms with E-state index in [2.05, 4.69) is 232 Å². The maximum absolute atomic E-state index is 2.49. The fourth-order valence-electron chi connectivity index (χ4n) is 10.00. The van der Waals surface area contributed by atoms with E-state index in [1.54, 1.807) is 0 Å². The van der Waals surface area contributed by atoms with E-state index in [9.17, 15) is 0 Å². The van der Waals surface area contributed by atoms with Crippen LogP contribution in [0.1, 0.15) is 48.6 Å². The van der Waals surface area contributed by atoms with E-state index in [1.807, 2.05) is 0 Å². The smallest absolute Gasteiger partial charge is 0.0725 e. The first-order valence-electron chi connectivity index (χ1n) is 20.4. The van der Waals surface area contributed by atoms with Crippen LogP contribution < -0.4 is 4.90 Å². The van der Waals surface area contributed by atoms with Crippen molar-refractivity contribution in [1.82, 2.24) is 0 Å². The average molecular weight is 742 g/mol. The van der Waals surface area contributed by atoms with Crippen molar-refractivity contribution in [1.29, 1.82) is 0 Å². The third-order valence-electron chi connectivity index (χ3n) is 12.6. The number of hydrogen-bond donors (Lipinski definition) is 0. The summed E-state index contributed by atoms with van der Waals surface area (Å²) in [6.07, 6.45) is 0. The molecule has 0 unspecified atom stereocenters. The second kappa shape index (κ2) is 13.0. The summed E-state index contributed by atoms with van der Waals surface area (Å²) >= 11 is 0. The fourth-order valence-corrected chi connectivity index (χ4v) is 10.00. The third-order valence-corrected chi connectivity index (χ3v) is 12.6. The van der Waals surface area contributed by atoms with Crippen molar-refractivity contribution >= 4 is 27.8 Å². The molecule has 1 nitrogen and oxygen atoms in total. The zero-order valence-electron chi connectivity index (χ0n) is 33.1. The Morgan fingerprint density at radius 2 is 0.914 bits per heavy atom. The first kappa shape index (κ1) is 34.3. The molecular weight excluding hydrogens is 699 g/mol. The van der Waals surface area contributed by atoms with Gasteiger partial charge in [0.05, 0.1) is 11.1 Å². The molecule has 0 fully saturated rings. The summed E-state index contributed by atoms with van der Waals surface area (Å²) in [7, 11) is 0. The Labute approximate surface area is 341 Å². The Hall–Kier alpha value is -6.96. The van der Waals surface area contributed by atoms with Crippen molar-refractivity contribution in [2.75, 3.05) is 4.90 Å². The minimum atomic E-state index is -0.386. The molecule has 2 aliphatic rings. The second-order valence-corrected chi connectivity index (χ2v) is 16.9. The molecule has 0 heterocycles. The van der Waals surface area contributed by atoms with Crippen molar-refractivity contribution in [3.63, 3.8) is 0 Å². The molecule has 2 aliphatic carbocycles. The molecule has 1 heteroatoms. The van der Waals surface area contributed by atoms with Gasteiger partial charge in [0.25, 0.3) is 0 Å². The topological polar surface area (TPSA) is 3.24 Å². The van der Waals surface area contributed by atoms with Crippen LogP contribution in [0.25, 0.3) is 55.3 Å². The molecule has 11 rings (SSSR count). The Morgan fingerprint density at radius 1 is 0.379 bits per heavy atom. The molecular formula is C57H43N. The summed E-state index contributed by atoms with van der Waals surface area (Å²) in [5.41, 5.74) is 19.8. The van der Waals surface area contributed by atoms with Gasteiger partial charge in [-0.05, 0) is 119 Å². The van der Waals surface area contributed by atoms with Gasteiger partial charge in [0.15, 0.2) is 0 Å². The minimum absolute atomic E-state index is 0.0365. The number of anilines is 3. The largest absolute Gasteiger partial charge is 0.310 e. The van der Waals surface area contributed by atoms with E-state index in [4.69, 9.17) is 0 Å². The van der Waals surface area contributed by atoms with E-state index in [0.29, 0.717) is 0 Å². The third kappa shape index (κ3) is 5.10. The molecule has 0 aromatic heterocycles. The van der Waals surface area contributed by atoms with Gasteiger partial charge in [-0.1, -0.05) is 191 Å². The minimum Gasteiger partial charge on any atom is -0.310 e. The lowest BCUT2D eigenvalue weighted by Gasteiger charge is -2.32. The Bertz CT molecular complexity index is 2990. The molecule has 0 saturated heterocycles.